The van der Waals surface area contributed by atoms with Crippen LogP contribution in [0.1, 0.15) is 12.5 Å². The molecular weight excluding hydrogens is 282 g/mol. The lowest BCUT2D eigenvalue weighted by molar-refractivity contribution is -0.118. The Morgan fingerprint density at radius 1 is 1.14 bits per heavy atom. The summed E-state index contributed by atoms with van der Waals surface area (Å²) in [7, 11) is 0. The highest BCUT2D eigenvalue weighted by Crippen LogP contribution is 2.16. The van der Waals surface area contributed by atoms with E-state index in [4.69, 9.17) is 4.74 Å². The second-order valence-electron chi connectivity index (χ2n) is 4.46. The highest BCUT2D eigenvalue weighted by molar-refractivity contribution is 8.00. The largest absolute Gasteiger partial charge is 0.494 e. The number of benzene rings is 2. The second kappa shape index (κ2) is 8.37. The molecule has 0 aromatic heterocycles. The van der Waals surface area contributed by atoms with Gasteiger partial charge in [-0.2, -0.15) is 0 Å². The fourth-order valence-corrected chi connectivity index (χ4v) is 2.58. The van der Waals surface area contributed by atoms with Gasteiger partial charge in [-0.05, 0) is 36.8 Å². The van der Waals surface area contributed by atoms with Gasteiger partial charge in [0.05, 0.1) is 12.4 Å². The summed E-state index contributed by atoms with van der Waals surface area (Å²) in [5.41, 5.74) is 1.04. The van der Waals surface area contributed by atoms with Gasteiger partial charge in [-0.25, -0.2) is 0 Å². The molecule has 0 aliphatic heterocycles. The Morgan fingerprint density at radius 3 is 2.71 bits per heavy atom. The number of hydrogen-bond acceptors (Lipinski definition) is 3. The Hall–Kier alpha value is -1.94. The molecule has 0 saturated heterocycles. The first-order valence-electron chi connectivity index (χ1n) is 6.94. The molecule has 0 atom stereocenters. The fourth-order valence-electron chi connectivity index (χ4n) is 1.83. The van der Waals surface area contributed by atoms with E-state index >= 15 is 0 Å². The lowest BCUT2D eigenvalue weighted by atomic mass is 10.2. The molecular formula is C17H19NO2S. The molecule has 0 heterocycles. The number of thioether (sulfide) groups is 1. The van der Waals surface area contributed by atoms with Crippen molar-refractivity contribution in [1.82, 2.24) is 5.32 Å². The van der Waals surface area contributed by atoms with Crippen molar-refractivity contribution in [2.24, 2.45) is 0 Å². The van der Waals surface area contributed by atoms with Gasteiger partial charge in [0.2, 0.25) is 5.91 Å². The van der Waals surface area contributed by atoms with Crippen LogP contribution >= 0.6 is 11.8 Å². The fraction of sp³-hybridized carbons (Fsp3) is 0.235. The molecule has 4 heteroatoms. The van der Waals surface area contributed by atoms with Crippen LogP contribution in [0.15, 0.2) is 59.5 Å². The molecule has 0 saturated carbocycles. The summed E-state index contributed by atoms with van der Waals surface area (Å²) < 4.78 is 5.44. The summed E-state index contributed by atoms with van der Waals surface area (Å²) >= 11 is 1.54. The molecule has 0 spiro atoms. The van der Waals surface area contributed by atoms with Crippen LogP contribution in [0.4, 0.5) is 0 Å². The highest BCUT2D eigenvalue weighted by Gasteiger charge is 2.03. The average Bonchev–Trinajstić information content (AvgIpc) is 2.53. The summed E-state index contributed by atoms with van der Waals surface area (Å²) in [5.74, 6) is 1.29. The van der Waals surface area contributed by atoms with Crippen molar-refractivity contribution < 1.29 is 9.53 Å². The Balaban J connectivity index is 1.77. The van der Waals surface area contributed by atoms with Gasteiger partial charge in [-0.1, -0.05) is 30.3 Å². The van der Waals surface area contributed by atoms with Crippen molar-refractivity contribution in [2.75, 3.05) is 12.4 Å². The molecule has 0 aliphatic carbocycles. The molecule has 21 heavy (non-hydrogen) atoms. The maximum Gasteiger partial charge on any atom is 0.230 e. The minimum absolute atomic E-state index is 0.0330. The number of amides is 1. The highest BCUT2D eigenvalue weighted by atomic mass is 32.2. The van der Waals surface area contributed by atoms with Crippen LogP contribution in [-0.4, -0.2) is 18.3 Å². The average molecular weight is 301 g/mol. The van der Waals surface area contributed by atoms with Crippen molar-refractivity contribution in [3.63, 3.8) is 0 Å². The molecule has 0 fully saturated rings. The van der Waals surface area contributed by atoms with Crippen LogP contribution in [0, 0.1) is 0 Å². The van der Waals surface area contributed by atoms with Crippen molar-refractivity contribution >= 4 is 17.7 Å². The monoisotopic (exact) mass is 301 g/mol. The zero-order valence-electron chi connectivity index (χ0n) is 12.0. The molecule has 0 unspecified atom stereocenters. The van der Waals surface area contributed by atoms with Crippen LogP contribution in [0.3, 0.4) is 0 Å². The minimum Gasteiger partial charge on any atom is -0.494 e. The van der Waals surface area contributed by atoms with E-state index < -0.39 is 0 Å². The summed E-state index contributed by atoms with van der Waals surface area (Å²) in [6.07, 6.45) is 0. The molecule has 2 aromatic carbocycles. The van der Waals surface area contributed by atoms with Crippen LogP contribution in [-0.2, 0) is 11.3 Å². The summed E-state index contributed by atoms with van der Waals surface area (Å²) in [6.45, 7) is 3.12. The Kier molecular flexibility index (Phi) is 6.16. The van der Waals surface area contributed by atoms with E-state index in [1.165, 1.54) is 11.8 Å². The SMILES string of the molecule is CCOc1cccc(CNC(=O)CSc2ccccc2)c1. The van der Waals surface area contributed by atoms with Gasteiger partial charge in [0.1, 0.15) is 5.75 Å². The Morgan fingerprint density at radius 2 is 1.95 bits per heavy atom. The van der Waals surface area contributed by atoms with Crippen molar-refractivity contribution in [2.45, 2.75) is 18.4 Å². The van der Waals surface area contributed by atoms with Crippen molar-refractivity contribution in [3.05, 3.63) is 60.2 Å². The third-order valence-corrected chi connectivity index (χ3v) is 3.82. The summed E-state index contributed by atoms with van der Waals surface area (Å²) in [6, 6.07) is 17.7. The number of rotatable bonds is 7. The van der Waals surface area contributed by atoms with E-state index in [0.29, 0.717) is 18.9 Å². The first kappa shape index (κ1) is 15.4. The van der Waals surface area contributed by atoms with Gasteiger partial charge in [-0.3, -0.25) is 4.79 Å². The molecule has 0 bridgehead atoms. The van der Waals surface area contributed by atoms with Gasteiger partial charge in [-0.15, -0.1) is 11.8 Å². The van der Waals surface area contributed by atoms with E-state index in [9.17, 15) is 4.79 Å². The molecule has 0 aliphatic rings. The number of hydrogen-bond donors (Lipinski definition) is 1. The topological polar surface area (TPSA) is 38.3 Å². The maximum atomic E-state index is 11.8. The number of nitrogens with one attached hydrogen (secondary N) is 1. The summed E-state index contributed by atoms with van der Waals surface area (Å²) in [5, 5.41) is 2.92. The maximum absolute atomic E-state index is 11.8. The van der Waals surface area contributed by atoms with E-state index in [0.717, 1.165) is 16.2 Å². The molecule has 110 valence electrons. The van der Waals surface area contributed by atoms with E-state index in [-0.39, 0.29) is 5.91 Å². The standard InChI is InChI=1S/C17H19NO2S/c1-2-20-15-8-6-7-14(11-15)12-18-17(19)13-21-16-9-4-3-5-10-16/h3-11H,2,12-13H2,1H3,(H,18,19). The predicted octanol–water partition coefficient (Wildman–Crippen LogP) is 3.49. The number of ether oxygens (including phenoxy) is 1. The van der Waals surface area contributed by atoms with Crippen molar-refractivity contribution in [1.29, 1.82) is 0 Å². The van der Waals surface area contributed by atoms with Crippen molar-refractivity contribution in [3.8, 4) is 5.75 Å². The molecule has 0 radical (unpaired) electrons. The number of carbonyl (C=O) groups excluding carboxylic acids is 1. The number of carbonyl (C=O) groups is 1. The van der Waals surface area contributed by atoms with Gasteiger partial charge in [0.25, 0.3) is 0 Å². The van der Waals surface area contributed by atoms with Crippen LogP contribution in [0.25, 0.3) is 0 Å². The third kappa shape index (κ3) is 5.52. The first-order chi connectivity index (χ1) is 10.3. The zero-order valence-corrected chi connectivity index (χ0v) is 12.9. The smallest absolute Gasteiger partial charge is 0.230 e. The molecule has 3 nitrogen and oxygen atoms in total. The molecule has 1 N–H and O–H groups in total. The van der Waals surface area contributed by atoms with Crippen LogP contribution in [0.2, 0.25) is 0 Å². The van der Waals surface area contributed by atoms with E-state index in [1.54, 1.807) is 0 Å². The van der Waals surface area contributed by atoms with Crippen LogP contribution in [0.5, 0.6) is 5.75 Å². The van der Waals surface area contributed by atoms with Gasteiger partial charge in [0, 0.05) is 11.4 Å². The first-order valence-corrected chi connectivity index (χ1v) is 7.93. The minimum atomic E-state index is 0.0330. The molecule has 1 amide bonds. The van der Waals surface area contributed by atoms with E-state index in [2.05, 4.69) is 5.32 Å². The van der Waals surface area contributed by atoms with Crippen LogP contribution < -0.4 is 10.1 Å². The Bertz CT molecular complexity index is 572. The van der Waals surface area contributed by atoms with Gasteiger partial charge >= 0.3 is 0 Å². The van der Waals surface area contributed by atoms with Gasteiger partial charge < -0.3 is 10.1 Å². The zero-order chi connectivity index (χ0) is 14.9. The summed E-state index contributed by atoms with van der Waals surface area (Å²) in [4.78, 5) is 12.9. The second-order valence-corrected chi connectivity index (χ2v) is 5.51. The van der Waals surface area contributed by atoms with Gasteiger partial charge in [0.15, 0.2) is 0 Å². The lowest BCUT2D eigenvalue weighted by Gasteiger charge is -2.08. The quantitative estimate of drug-likeness (QED) is 0.796. The Labute approximate surface area is 129 Å². The molecule has 2 aromatic rings. The third-order valence-electron chi connectivity index (χ3n) is 2.81. The molecule has 2 rings (SSSR count). The van der Waals surface area contributed by atoms with E-state index in [1.807, 2.05) is 61.5 Å². The normalized spacial score (nSPS) is 10.1. The lowest BCUT2D eigenvalue weighted by Crippen LogP contribution is -2.24. The predicted molar refractivity (Wildman–Crippen MR) is 86.6 cm³/mol.